The van der Waals surface area contributed by atoms with Crippen LogP contribution in [0.2, 0.25) is 0 Å². The molecule has 0 bridgehead atoms. The van der Waals surface area contributed by atoms with Crippen LogP contribution in [0.1, 0.15) is 12.8 Å². The van der Waals surface area contributed by atoms with Gasteiger partial charge in [-0.25, -0.2) is 13.1 Å². The smallest absolute Gasteiger partial charge is 0.269 e. The summed E-state index contributed by atoms with van der Waals surface area (Å²) in [7, 11) is -3.74. The Labute approximate surface area is 140 Å². The van der Waals surface area contributed by atoms with Gasteiger partial charge in [-0.3, -0.25) is 10.1 Å². The average Bonchev–Trinajstić information content (AvgIpc) is 2.60. The number of ether oxygens (including phenoxy) is 2. The maximum absolute atomic E-state index is 12.1. The van der Waals surface area contributed by atoms with Gasteiger partial charge in [-0.2, -0.15) is 0 Å². The molecule has 0 aromatic heterocycles. The molecule has 1 fully saturated rings. The fourth-order valence-corrected chi connectivity index (χ4v) is 3.44. The number of nitro benzene ring substituents is 1. The van der Waals surface area contributed by atoms with Gasteiger partial charge in [-0.05, 0) is 12.1 Å². The summed E-state index contributed by atoms with van der Waals surface area (Å²) in [6, 6.07) is 4.69. The predicted molar refractivity (Wildman–Crippen MR) is 86.1 cm³/mol. The second-order valence-corrected chi connectivity index (χ2v) is 7.26. The molecule has 1 aliphatic rings. The lowest BCUT2D eigenvalue weighted by Gasteiger charge is -2.36. The minimum absolute atomic E-state index is 0.0345. The standard InChI is InChI=1S/C14H21N3O6S/c15-11-14(5-8-22-9-6-14)23-10-7-16-24(20,21)13-3-1-12(2-4-13)17(18)19/h1-4,16H,5-11,15H2. The van der Waals surface area contributed by atoms with Crippen LogP contribution in [0.3, 0.4) is 0 Å². The number of hydrogen-bond donors (Lipinski definition) is 2. The first-order valence-corrected chi connectivity index (χ1v) is 9.03. The minimum atomic E-state index is -3.74. The molecule has 24 heavy (non-hydrogen) atoms. The van der Waals surface area contributed by atoms with Crippen LogP contribution in [-0.4, -0.2) is 51.9 Å². The van der Waals surface area contributed by atoms with Gasteiger partial charge in [0.15, 0.2) is 0 Å². The van der Waals surface area contributed by atoms with Gasteiger partial charge in [-0.1, -0.05) is 0 Å². The molecule has 0 unspecified atom stereocenters. The molecule has 0 aliphatic carbocycles. The number of rotatable bonds is 8. The molecule has 0 amide bonds. The summed E-state index contributed by atoms with van der Waals surface area (Å²) in [5.41, 5.74) is 5.14. The van der Waals surface area contributed by atoms with Gasteiger partial charge < -0.3 is 15.2 Å². The van der Waals surface area contributed by atoms with Gasteiger partial charge in [0.2, 0.25) is 10.0 Å². The third-order valence-corrected chi connectivity index (χ3v) is 5.41. The van der Waals surface area contributed by atoms with Gasteiger partial charge in [-0.15, -0.1) is 0 Å². The van der Waals surface area contributed by atoms with E-state index in [4.69, 9.17) is 15.2 Å². The number of hydrogen-bond acceptors (Lipinski definition) is 7. The monoisotopic (exact) mass is 359 g/mol. The van der Waals surface area contributed by atoms with Crippen molar-refractivity contribution in [2.24, 2.45) is 5.73 Å². The number of benzene rings is 1. The van der Waals surface area contributed by atoms with Crippen LogP contribution < -0.4 is 10.5 Å². The highest BCUT2D eigenvalue weighted by Gasteiger charge is 2.32. The van der Waals surface area contributed by atoms with E-state index in [9.17, 15) is 18.5 Å². The summed E-state index contributed by atoms with van der Waals surface area (Å²) in [6.45, 7) is 1.77. The predicted octanol–water partition coefficient (Wildman–Crippen LogP) is 0.398. The third-order valence-electron chi connectivity index (χ3n) is 3.94. The fourth-order valence-electron chi connectivity index (χ4n) is 2.42. The number of nitrogens with zero attached hydrogens (tertiary/aromatic N) is 1. The zero-order valence-corrected chi connectivity index (χ0v) is 14.0. The number of nitrogens with two attached hydrogens (primary N) is 1. The van der Waals surface area contributed by atoms with E-state index in [1.165, 1.54) is 12.1 Å². The lowest BCUT2D eigenvalue weighted by atomic mass is 9.94. The topological polar surface area (TPSA) is 134 Å². The van der Waals surface area contributed by atoms with E-state index in [2.05, 4.69) is 4.72 Å². The van der Waals surface area contributed by atoms with Crippen LogP contribution in [0, 0.1) is 10.1 Å². The van der Waals surface area contributed by atoms with E-state index in [-0.39, 0.29) is 23.7 Å². The second kappa shape index (κ2) is 7.99. The zero-order valence-electron chi connectivity index (χ0n) is 13.1. The molecule has 1 heterocycles. The van der Waals surface area contributed by atoms with Crippen molar-refractivity contribution in [3.8, 4) is 0 Å². The Balaban J connectivity index is 1.87. The molecule has 2 rings (SSSR count). The summed E-state index contributed by atoms with van der Waals surface area (Å²) < 4.78 is 37.7. The second-order valence-electron chi connectivity index (χ2n) is 5.50. The lowest BCUT2D eigenvalue weighted by molar-refractivity contribution is -0.384. The van der Waals surface area contributed by atoms with E-state index >= 15 is 0 Å². The van der Waals surface area contributed by atoms with Gasteiger partial charge >= 0.3 is 0 Å². The summed E-state index contributed by atoms with van der Waals surface area (Å²) in [5, 5.41) is 10.6. The van der Waals surface area contributed by atoms with Gasteiger partial charge in [0.25, 0.3) is 5.69 Å². The molecule has 1 saturated heterocycles. The molecule has 1 aliphatic heterocycles. The largest absolute Gasteiger partial charge is 0.381 e. The fraction of sp³-hybridized carbons (Fsp3) is 0.571. The van der Waals surface area contributed by atoms with Crippen molar-refractivity contribution in [3.63, 3.8) is 0 Å². The molecule has 9 nitrogen and oxygen atoms in total. The highest BCUT2D eigenvalue weighted by molar-refractivity contribution is 7.89. The van der Waals surface area contributed by atoms with Gasteiger partial charge in [0.1, 0.15) is 0 Å². The normalized spacial score (nSPS) is 17.5. The molecule has 0 saturated carbocycles. The maximum atomic E-state index is 12.1. The Morgan fingerprint density at radius 2 is 1.92 bits per heavy atom. The molecular formula is C14H21N3O6S. The summed E-state index contributed by atoms with van der Waals surface area (Å²) >= 11 is 0. The first kappa shape index (κ1) is 18.7. The number of non-ortho nitro benzene ring substituents is 1. The van der Waals surface area contributed by atoms with Crippen molar-refractivity contribution < 1.29 is 22.8 Å². The SMILES string of the molecule is NCC1(OCCNS(=O)(=O)c2ccc([N+](=O)[O-])cc2)CCOCC1. The first-order chi connectivity index (χ1) is 11.4. The van der Waals surface area contributed by atoms with Crippen LogP contribution >= 0.6 is 0 Å². The maximum Gasteiger partial charge on any atom is 0.269 e. The van der Waals surface area contributed by atoms with Gasteiger partial charge in [0.05, 0.1) is 22.0 Å². The molecule has 3 N–H and O–H groups in total. The van der Waals surface area contributed by atoms with Crippen molar-refractivity contribution in [3.05, 3.63) is 34.4 Å². The number of sulfonamides is 1. The first-order valence-electron chi connectivity index (χ1n) is 7.54. The Morgan fingerprint density at radius 3 is 2.46 bits per heavy atom. The van der Waals surface area contributed by atoms with E-state index in [0.717, 1.165) is 12.1 Å². The van der Waals surface area contributed by atoms with E-state index in [1.807, 2.05) is 0 Å². The van der Waals surface area contributed by atoms with Crippen LogP contribution in [-0.2, 0) is 19.5 Å². The van der Waals surface area contributed by atoms with Crippen LogP contribution in [0.15, 0.2) is 29.2 Å². The number of nitro groups is 1. The molecule has 0 radical (unpaired) electrons. The molecule has 10 heteroatoms. The Kier molecular flexibility index (Phi) is 6.24. The van der Waals surface area contributed by atoms with Crippen molar-refractivity contribution in [1.29, 1.82) is 0 Å². The van der Waals surface area contributed by atoms with E-state index < -0.39 is 20.5 Å². The Hall–Kier alpha value is -1.59. The number of nitrogens with one attached hydrogen (secondary N) is 1. The minimum Gasteiger partial charge on any atom is -0.381 e. The van der Waals surface area contributed by atoms with Crippen molar-refractivity contribution >= 4 is 15.7 Å². The molecule has 0 spiro atoms. The molecule has 134 valence electrons. The molecule has 1 aromatic carbocycles. The molecule has 0 atom stereocenters. The highest BCUT2D eigenvalue weighted by atomic mass is 32.2. The zero-order chi connectivity index (χ0) is 17.6. The summed E-state index contributed by atoms with van der Waals surface area (Å²) in [5.74, 6) is 0. The van der Waals surface area contributed by atoms with Crippen LogP contribution in [0.4, 0.5) is 5.69 Å². The Morgan fingerprint density at radius 1 is 1.29 bits per heavy atom. The van der Waals surface area contributed by atoms with Crippen LogP contribution in [0.5, 0.6) is 0 Å². The summed E-state index contributed by atoms with van der Waals surface area (Å²) in [4.78, 5) is 9.97. The molecular weight excluding hydrogens is 338 g/mol. The highest BCUT2D eigenvalue weighted by Crippen LogP contribution is 2.23. The van der Waals surface area contributed by atoms with E-state index in [1.54, 1.807) is 0 Å². The average molecular weight is 359 g/mol. The Bertz CT molecular complexity index is 656. The quantitative estimate of drug-likeness (QED) is 0.390. The van der Waals surface area contributed by atoms with E-state index in [0.29, 0.717) is 32.6 Å². The summed E-state index contributed by atoms with van der Waals surface area (Å²) in [6.07, 6.45) is 1.36. The lowest BCUT2D eigenvalue weighted by Crippen LogP contribution is -2.46. The van der Waals surface area contributed by atoms with Crippen molar-refractivity contribution in [1.82, 2.24) is 4.72 Å². The van der Waals surface area contributed by atoms with Crippen molar-refractivity contribution in [2.75, 3.05) is 32.9 Å². The van der Waals surface area contributed by atoms with Gasteiger partial charge in [0, 0.05) is 51.3 Å². The molecule has 1 aromatic rings. The van der Waals surface area contributed by atoms with Crippen molar-refractivity contribution in [2.45, 2.75) is 23.3 Å². The third kappa shape index (κ3) is 4.71. The van der Waals surface area contributed by atoms with Crippen LogP contribution in [0.25, 0.3) is 0 Å².